The monoisotopic (exact) mass is 263 g/mol. The van der Waals surface area contributed by atoms with E-state index in [1.54, 1.807) is 13.0 Å². The molecule has 5 heteroatoms. The van der Waals surface area contributed by atoms with Gasteiger partial charge in [0.25, 0.3) is 0 Å². The molecule has 0 aromatic heterocycles. The van der Waals surface area contributed by atoms with Gasteiger partial charge in [-0.15, -0.1) is 0 Å². The fourth-order valence-electron chi connectivity index (χ4n) is 1.70. The molecule has 0 saturated heterocycles. The normalized spacial score (nSPS) is 13.4. The van der Waals surface area contributed by atoms with E-state index in [1.165, 1.54) is 12.1 Å². The van der Waals surface area contributed by atoms with Crippen LogP contribution >= 0.6 is 0 Å². The van der Waals surface area contributed by atoms with Gasteiger partial charge in [0.05, 0.1) is 0 Å². The third-order valence-electron chi connectivity index (χ3n) is 2.70. The summed E-state index contributed by atoms with van der Waals surface area (Å²) in [5.74, 6) is -0.356. The van der Waals surface area contributed by atoms with Crippen LogP contribution in [0.3, 0.4) is 0 Å². The second kappa shape index (κ2) is 6.07. The van der Waals surface area contributed by atoms with Crippen molar-refractivity contribution in [3.8, 4) is 0 Å². The van der Waals surface area contributed by atoms with Gasteiger partial charge < -0.3 is 5.32 Å². The third kappa shape index (κ3) is 5.38. The number of halogens is 4. The van der Waals surface area contributed by atoms with E-state index in [2.05, 4.69) is 5.32 Å². The van der Waals surface area contributed by atoms with E-state index in [0.717, 1.165) is 5.56 Å². The highest BCUT2D eigenvalue weighted by atomic mass is 19.4. The van der Waals surface area contributed by atoms with Crippen LogP contribution in [0.15, 0.2) is 18.2 Å². The molecule has 1 N–H and O–H groups in total. The Hall–Kier alpha value is -1.26. The van der Waals surface area contributed by atoms with Gasteiger partial charge >= 0.3 is 6.18 Å². The summed E-state index contributed by atoms with van der Waals surface area (Å²) in [6.07, 6.45) is -4.41. The van der Waals surface area contributed by atoms with Crippen molar-refractivity contribution in [2.24, 2.45) is 0 Å². The lowest BCUT2D eigenvalue weighted by Gasteiger charge is -2.17. The van der Waals surface area contributed by atoms with Gasteiger partial charge in [0, 0.05) is 18.2 Å². The summed E-state index contributed by atoms with van der Waals surface area (Å²) >= 11 is 0. The largest absolute Gasteiger partial charge is 0.389 e. The van der Waals surface area contributed by atoms with E-state index in [0.29, 0.717) is 12.1 Å². The molecule has 18 heavy (non-hydrogen) atoms. The highest BCUT2D eigenvalue weighted by Crippen LogP contribution is 2.24. The van der Waals surface area contributed by atoms with Gasteiger partial charge in [0.1, 0.15) is 5.82 Å². The van der Waals surface area contributed by atoms with Crippen molar-refractivity contribution in [2.45, 2.75) is 45.3 Å². The molecular formula is C13H17F4N. The smallest absolute Gasteiger partial charge is 0.382 e. The first kappa shape index (κ1) is 14.8. The number of anilines is 1. The number of hydrogen-bond donors (Lipinski definition) is 1. The van der Waals surface area contributed by atoms with Gasteiger partial charge in [-0.3, -0.25) is 0 Å². The van der Waals surface area contributed by atoms with Gasteiger partial charge in [0.2, 0.25) is 0 Å². The van der Waals surface area contributed by atoms with Crippen LogP contribution in [0, 0.1) is 12.7 Å². The topological polar surface area (TPSA) is 12.0 Å². The summed E-state index contributed by atoms with van der Waals surface area (Å²) in [6, 6.07) is 4.23. The van der Waals surface area contributed by atoms with Crippen molar-refractivity contribution < 1.29 is 17.6 Å². The SMILES string of the molecule is Cc1ccc(F)cc1NC(C)CCCC(F)(F)F. The van der Waals surface area contributed by atoms with Crippen LogP contribution in [0.25, 0.3) is 0 Å². The van der Waals surface area contributed by atoms with Gasteiger partial charge in [-0.05, 0) is 44.4 Å². The summed E-state index contributed by atoms with van der Waals surface area (Å²) < 4.78 is 49.0. The van der Waals surface area contributed by atoms with Gasteiger partial charge in [0.15, 0.2) is 0 Å². The number of alkyl halides is 3. The molecule has 1 aromatic rings. The number of hydrogen-bond acceptors (Lipinski definition) is 1. The quantitative estimate of drug-likeness (QED) is 0.761. The summed E-state index contributed by atoms with van der Waals surface area (Å²) in [4.78, 5) is 0. The molecule has 0 amide bonds. The standard InChI is InChI=1S/C13H17F4N/c1-9-5-6-11(14)8-12(9)18-10(2)4-3-7-13(15,16)17/h5-6,8,10,18H,3-4,7H2,1-2H3. The number of benzene rings is 1. The van der Waals surface area contributed by atoms with Crippen LogP contribution in [-0.2, 0) is 0 Å². The average Bonchev–Trinajstić information content (AvgIpc) is 2.21. The Labute approximate surface area is 104 Å². The van der Waals surface area contributed by atoms with E-state index in [4.69, 9.17) is 0 Å². The predicted octanol–water partition coefficient (Wildman–Crippen LogP) is 4.67. The first-order valence-corrected chi connectivity index (χ1v) is 5.87. The molecule has 102 valence electrons. The van der Waals surface area contributed by atoms with Crippen molar-refractivity contribution in [3.63, 3.8) is 0 Å². The molecule has 0 saturated carbocycles. The van der Waals surface area contributed by atoms with Gasteiger partial charge in [-0.1, -0.05) is 6.07 Å². The highest BCUT2D eigenvalue weighted by molar-refractivity contribution is 5.51. The second-order valence-electron chi connectivity index (χ2n) is 4.51. The van der Waals surface area contributed by atoms with E-state index in [9.17, 15) is 17.6 Å². The highest BCUT2D eigenvalue weighted by Gasteiger charge is 2.26. The molecule has 0 aliphatic rings. The molecule has 0 fully saturated rings. The Morgan fingerprint density at radius 1 is 1.28 bits per heavy atom. The maximum atomic E-state index is 13.0. The van der Waals surface area contributed by atoms with Crippen molar-refractivity contribution >= 4 is 5.69 Å². The maximum Gasteiger partial charge on any atom is 0.389 e. The fraction of sp³-hybridized carbons (Fsp3) is 0.538. The van der Waals surface area contributed by atoms with Crippen LogP contribution in [0.5, 0.6) is 0 Å². The van der Waals surface area contributed by atoms with E-state index < -0.39 is 12.6 Å². The zero-order valence-electron chi connectivity index (χ0n) is 10.4. The zero-order chi connectivity index (χ0) is 13.8. The predicted molar refractivity (Wildman–Crippen MR) is 64.1 cm³/mol. The lowest BCUT2D eigenvalue weighted by Crippen LogP contribution is -2.17. The minimum absolute atomic E-state index is 0.0754. The van der Waals surface area contributed by atoms with E-state index >= 15 is 0 Å². The molecule has 0 bridgehead atoms. The molecule has 1 aromatic carbocycles. The van der Waals surface area contributed by atoms with E-state index in [-0.39, 0.29) is 18.3 Å². The van der Waals surface area contributed by atoms with E-state index in [1.807, 2.05) is 6.92 Å². The molecule has 0 radical (unpaired) electrons. The summed E-state index contributed by atoms with van der Waals surface area (Å²) in [7, 11) is 0. The minimum atomic E-state index is -4.10. The molecule has 1 rings (SSSR count). The lowest BCUT2D eigenvalue weighted by molar-refractivity contribution is -0.135. The summed E-state index contributed by atoms with van der Waals surface area (Å²) in [5.41, 5.74) is 1.51. The Bertz CT molecular complexity index is 387. The van der Waals surface area contributed by atoms with Crippen molar-refractivity contribution in [1.29, 1.82) is 0 Å². The average molecular weight is 263 g/mol. The van der Waals surface area contributed by atoms with Crippen LogP contribution < -0.4 is 5.32 Å². The van der Waals surface area contributed by atoms with Gasteiger partial charge in [-0.2, -0.15) is 13.2 Å². The van der Waals surface area contributed by atoms with Crippen molar-refractivity contribution in [1.82, 2.24) is 0 Å². The fourth-order valence-corrected chi connectivity index (χ4v) is 1.70. The number of aryl methyl sites for hydroxylation is 1. The number of nitrogens with one attached hydrogen (secondary N) is 1. The first-order chi connectivity index (χ1) is 8.28. The first-order valence-electron chi connectivity index (χ1n) is 5.87. The van der Waals surface area contributed by atoms with Crippen molar-refractivity contribution in [2.75, 3.05) is 5.32 Å². The number of rotatable bonds is 5. The molecule has 0 heterocycles. The Balaban J connectivity index is 2.44. The second-order valence-corrected chi connectivity index (χ2v) is 4.51. The summed E-state index contributed by atoms with van der Waals surface area (Å²) in [5, 5.41) is 3.03. The molecule has 0 aliphatic heterocycles. The third-order valence-corrected chi connectivity index (χ3v) is 2.70. The molecule has 0 spiro atoms. The Morgan fingerprint density at radius 3 is 2.56 bits per heavy atom. The Kier molecular flexibility index (Phi) is 4.99. The minimum Gasteiger partial charge on any atom is -0.382 e. The molecule has 1 unspecified atom stereocenters. The van der Waals surface area contributed by atoms with Crippen LogP contribution in [0.4, 0.5) is 23.2 Å². The lowest BCUT2D eigenvalue weighted by atomic mass is 10.1. The van der Waals surface area contributed by atoms with Crippen molar-refractivity contribution in [3.05, 3.63) is 29.6 Å². The molecule has 1 nitrogen and oxygen atoms in total. The van der Waals surface area contributed by atoms with Crippen LogP contribution in [0.1, 0.15) is 31.7 Å². The molecular weight excluding hydrogens is 246 g/mol. The maximum absolute atomic E-state index is 13.0. The van der Waals surface area contributed by atoms with Gasteiger partial charge in [-0.25, -0.2) is 4.39 Å². The molecule has 0 aliphatic carbocycles. The summed E-state index contributed by atoms with van der Waals surface area (Å²) in [6.45, 7) is 3.62. The molecule has 1 atom stereocenters. The van der Waals surface area contributed by atoms with Crippen LogP contribution in [-0.4, -0.2) is 12.2 Å². The van der Waals surface area contributed by atoms with Crippen LogP contribution in [0.2, 0.25) is 0 Å². The zero-order valence-corrected chi connectivity index (χ0v) is 10.4. The Morgan fingerprint density at radius 2 is 1.94 bits per heavy atom.